The topological polar surface area (TPSA) is 57.6 Å². The highest BCUT2D eigenvalue weighted by molar-refractivity contribution is 5.65. The molecule has 4 heterocycles. The molecule has 184 valence electrons. The molecular weight excluding hydrogens is 457 g/mol. The summed E-state index contributed by atoms with van der Waals surface area (Å²) >= 11 is 0. The lowest BCUT2D eigenvalue weighted by Crippen LogP contribution is -2.53. The molecule has 3 aromatic rings. The zero-order chi connectivity index (χ0) is 24.4. The van der Waals surface area contributed by atoms with E-state index in [9.17, 15) is 13.2 Å². The van der Waals surface area contributed by atoms with Gasteiger partial charge in [-0.15, -0.1) is 0 Å². The molecule has 2 saturated heterocycles. The maximum atomic E-state index is 13.6. The number of morpholine rings is 1. The fourth-order valence-corrected chi connectivity index (χ4v) is 4.59. The predicted molar refractivity (Wildman–Crippen MR) is 129 cm³/mol. The lowest BCUT2D eigenvalue weighted by molar-refractivity contribution is -0.137. The van der Waals surface area contributed by atoms with Gasteiger partial charge in [-0.1, -0.05) is 30.3 Å². The molecule has 10 heteroatoms. The second-order valence-corrected chi connectivity index (χ2v) is 8.74. The van der Waals surface area contributed by atoms with Crippen LogP contribution in [0.15, 0.2) is 54.7 Å². The number of ether oxygens (including phenoxy) is 1. The lowest BCUT2D eigenvalue weighted by atomic mass is 10.1. The number of piperazine rings is 1. The molecule has 0 unspecified atom stereocenters. The van der Waals surface area contributed by atoms with Gasteiger partial charge in [0.05, 0.1) is 24.5 Å². The van der Waals surface area contributed by atoms with Crippen LogP contribution in [0.4, 0.5) is 30.8 Å². The Balaban J connectivity index is 1.44. The summed E-state index contributed by atoms with van der Waals surface area (Å²) in [6.45, 7) is 5.98. The van der Waals surface area contributed by atoms with Crippen molar-refractivity contribution in [2.24, 2.45) is 0 Å². The largest absolute Gasteiger partial charge is 0.419 e. The number of pyridine rings is 1. The standard InChI is InChI=1S/C25H27F3N6O/c1-18-17-33(23-20(25(26,27)28)8-5-9-29-23)10-11-34(18)22-16-21(19-6-3-2-4-7-19)30-24(31-22)32-12-14-35-15-13-32/h2-9,16,18H,10-15,17H2,1H3/t18-/m1/s1. The Kier molecular flexibility index (Phi) is 6.46. The van der Waals surface area contributed by atoms with Gasteiger partial charge in [0.1, 0.15) is 11.6 Å². The van der Waals surface area contributed by atoms with E-state index >= 15 is 0 Å². The molecule has 2 aliphatic heterocycles. The van der Waals surface area contributed by atoms with Gasteiger partial charge < -0.3 is 19.4 Å². The Bertz CT molecular complexity index is 1150. The first-order chi connectivity index (χ1) is 16.9. The summed E-state index contributed by atoms with van der Waals surface area (Å²) in [7, 11) is 0. The van der Waals surface area contributed by atoms with Gasteiger partial charge in [-0.25, -0.2) is 9.97 Å². The predicted octanol–water partition coefficient (Wildman–Crippen LogP) is 4.11. The van der Waals surface area contributed by atoms with Gasteiger partial charge in [0.2, 0.25) is 5.95 Å². The van der Waals surface area contributed by atoms with Gasteiger partial charge in [0.25, 0.3) is 0 Å². The van der Waals surface area contributed by atoms with Crippen molar-refractivity contribution >= 4 is 17.6 Å². The normalized spacial score (nSPS) is 19.2. The number of hydrogen-bond acceptors (Lipinski definition) is 7. The van der Waals surface area contributed by atoms with Crippen LogP contribution in [-0.4, -0.2) is 66.9 Å². The zero-order valence-electron chi connectivity index (χ0n) is 19.4. The molecule has 5 rings (SSSR count). The van der Waals surface area contributed by atoms with Crippen molar-refractivity contribution in [2.75, 3.05) is 60.6 Å². The summed E-state index contributed by atoms with van der Waals surface area (Å²) in [5, 5.41) is 0. The molecule has 0 amide bonds. The second-order valence-electron chi connectivity index (χ2n) is 8.74. The van der Waals surface area contributed by atoms with Crippen molar-refractivity contribution in [3.63, 3.8) is 0 Å². The highest BCUT2D eigenvalue weighted by atomic mass is 19.4. The third-order valence-electron chi connectivity index (χ3n) is 6.38. The van der Waals surface area contributed by atoms with E-state index in [1.807, 2.05) is 43.3 Å². The fourth-order valence-electron chi connectivity index (χ4n) is 4.59. The van der Waals surface area contributed by atoms with Crippen molar-refractivity contribution in [3.8, 4) is 11.3 Å². The van der Waals surface area contributed by atoms with Crippen molar-refractivity contribution in [3.05, 3.63) is 60.3 Å². The Morgan fingerprint density at radius 1 is 0.914 bits per heavy atom. The summed E-state index contributed by atoms with van der Waals surface area (Å²) in [4.78, 5) is 19.8. The van der Waals surface area contributed by atoms with Crippen LogP contribution in [0.2, 0.25) is 0 Å². The first kappa shape index (κ1) is 23.3. The Hall–Kier alpha value is -3.40. The van der Waals surface area contributed by atoms with Crippen molar-refractivity contribution in [1.82, 2.24) is 15.0 Å². The smallest absolute Gasteiger partial charge is 0.378 e. The third-order valence-corrected chi connectivity index (χ3v) is 6.38. The molecule has 7 nitrogen and oxygen atoms in total. The quantitative estimate of drug-likeness (QED) is 0.553. The molecule has 0 saturated carbocycles. The van der Waals surface area contributed by atoms with E-state index in [2.05, 4.69) is 14.8 Å². The Labute approximate surface area is 202 Å². The van der Waals surface area contributed by atoms with Crippen LogP contribution >= 0.6 is 0 Å². The summed E-state index contributed by atoms with van der Waals surface area (Å²) in [6, 6.07) is 14.2. The minimum Gasteiger partial charge on any atom is -0.378 e. The molecule has 0 radical (unpaired) electrons. The van der Waals surface area contributed by atoms with Crippen molar-refractivity contribution in [2.45, 2.75) is 19.1 Å². The van der Waals surface area contributed by atoms with Crippen LogP contribution in [0.5, 0.6) is 0 Å². The molecule has 1 aromatic carbocycles. The first-order valence-electron chi connectivity index (χ1n) is 11.7. The van der Waals surface area contributed by atoms with Crippen molar-refractivity contribution in [1.29, 1.82) is 0 Å². The maximum absolute atomic E-state index is 13.6. The number of anilines is 3. The third kappa shape index (κ3) is 5.02. The van der Waals surface area contributed by atoms with Crippen LogP contribution in [0.25, 0.3) is 11.3 Å². The summed E-state index contributed by atoms with van der Waals surface area (Å²) in [5.41, 5.74) is 1.10. The van der Waals surface area contributed by atoms with E-state index in [0.29, 0.717) is 51.9 Å². The number of halogens is 3. The highest BCUT2D eigenvalue weighted by Gasteiger charge is 2.37. The average Bonchev–Trinajstić information content (AvgIpc) is 2.89. The summed E-state index contributed by atoms with van der Waals surface area (Å²) < 4.78 is 46.2. The van der Waals surface area contributed by atoms with E-state index in [1.54, 1.807) is 4.90 Å². The van der Waals surface area contributed by atoms with Gasteiger partial charge in [-0.05, 0) is 19.1 Å². The zero-order valence-corrected chi connectivity index (χ0v) is 19.4. The van der Waals surface area contributed by atoms with Crippen LogP contribution in [-0.2, 0) is 10.9 Å². The minimum absolute atomic E-state index is 0.0202. The van der Waals surface area contributed by atoms with Gasteiger partial charge in [-0.3, -0.25) is 0 Å². The number of hydrogen-bond donors (Lipinski definition) is 0. The minimum atomic E-state index is -4.45. The average molecular weight is 485 g/mol. The van der Waals surface area contributed by atoms with E-state index < -0.39 is 11.7 Å². The molecule has 35 heavy (non-hydrogen) atoms. The molecule has 2 fully saturated rings. The van der Waals surface area contributed by atoms with Gasteiger partial charge in [-0.2, -0.15) is 18.2 Å². The number of rotatable bonds is 4. The van der Waals surface area contributed by atoms with Crippen LogP contribution in [0.3, 0.4) is 0 Å². The van der Waals surface area contributed by atoms with Crippen LogP contribution in [0.1, 0.15) is 12.5 Å². The van der Waals surface area contributed by atoms with Gasteiger partial charge in [0.15, 0.2) is 0 Å². The SMILES string of the molecule is C[C@@H]1CN(c2ncccc2C(F)(F)F)CCN1c1cc(-c2ccccc2)nc(N2CCOCC2)n1. The fraction of sp³-hybridized carbons (Fsp3) is 0.400. The van der Waals surface area contributed by atoms with Gasteiger partial charge in [0, 0.05) is 56.6 Å². The molecule has 2 aromatic heterocycles. The summed E-state index contributed by atoms with van der Waals surface area (Å²) in [5.74, 6) is 1.39. The lowest BCUT2D eigenvalue weighted by Gasteiger charge is -2.42. The monoisotopic (exact) mass is 484 g/mol. The number of nitrogens with zero attached hydrogens (tertiary/aromatic N) is 6. The van der Waals surface area contributed by atoms with Crippen LogP contribution < -0.4 is 14.7 Å². The molecule has 1 atom stereocenters. The van der Waals surface area contributed by atoms with Gasteiger partial charge >= 0.3 is 6.18 Å². The molecule has 0 bridgehead atoms. The van der Waals surface area contributed by atoms with E-state index in [-0.39, 0.29) is 11.9 Å². The van der Waals surface area contributed by atoms with E-state index in [4.69, 9.17) is 14.7 Å². The number of benzene rings is 1. The second kappa shape index (κ2) is 9.69. The van der Waals surface area contributed by atoms with Crippen molar-refractivity contribution < 1.29 is 17.9 Å². The maximum Gasteiger partial charge on any atom is 0.419 e. The summed E-state index contributed by atoms with van der Waals surface area (Å²) in [6.07, 6.45) is -3.04. The molecule has 0 N–H and O–H groups in total. The molecule has 2 aliphatic rings. The highest BCUT2D eigenvalue weighted by Crippen LogP contribution is 2.36. The number of alkyl halides is 3. The van der Waals surface area contributed by atoms with E-state index in [0.717, 1.165) is 23.1 Å². The molecular formula is C25H27F3N6O. The molecule has 0 spiro atoms. The Morgan fingerprint density at radius 2 is 1.69 bits per heavy atom. The Morgan fingerprint density at radius 3 is 2.40 bits per heavy atom. The van der Waals surface area contributed by atoms with E-state index in [1.165, 1.54) is 12.3 Å². The first-order valence-corrected chi connectivity index (χ1v) is 11.7. The number of aromatic nitrogens is 3. The van der Waals surface area contributed by atoms with Crippen LogP contribution in [0, 0.1) is 0 Å². The molecule has 0 aliphatic carbocycles.